The molecule has 0 amide bonds. The van der Waals surface area contributed by atoms with Crippen LogP contribution >= 0.6 is 15.8 Å². The fourth-order valence-electron chi connectivity index (χ4n) is 0. The Kier molecular flexibility index (Phi) is 29.8. The van der Waals surface area contributed by atoms with E-state index in [4.69, 9.17) is 10.0 Å². The summed E-state index contributed by atoms with van der Waals surface area (Å²) in [4.78, 5) is 0. The molecule has 6 heavy (non-hydrogen) atoms. The van der Waals surface area contributed by atoms with E-state index in [0.29, 0.717) is 0 Å². The van der Waals surface area contributed by atoms with Crippen molar-refractivity contribution in [3.05, 3.63) is 0 Å². The maximum atomic E-state index is 8.89. The van der Waals surface area contributed by atoms with Crippen molar-refractivity contribution in [3.8, 4) is 0 Å². The van der Waals surface area contributed by atoms with Gasteiger partial charge >= 0.3 is 84.5 Å². The Bertz CT molecular complexity index is 18.3. The van der Waals surface area contributed by atoms with Crippen molar-refractivity contribution in [2.75, 3.05) is 0 Å². The van der Waals surface area contributed by atoms with E-state index < -0.39 is 5.94 Å². The zero-order chi connectivity index (χ0) is 3.58. The molecule has 0 heterocycles. The van der Waals surface area contributed by atoms with Crippen molar-refractivity contribution < 1.29 is 45.6 Å². The SMILES string of the molecule is [Ba+2].[La+3].[O-]B([O-])Br. The summed E-state index contributed by atoms with van der Waals surface area (Å²) in [7, 11) is 0. The van der Waals surface area contributed by atoms with Gasteiger partial charge in [0.1, 0.15) is 0 Å². The van der Waals surface area contributed by atoms with Crippen LogP contribution in [0, 0.1) is 35.6 Å². The normalized spacial score (nSPS) is 4.50. The van der Waals surface area contributed by atoms with Gasteiger partial charge in [0.15, 0.2) is 0 Å². The monoisotopic (exact) mass is 399 g/mol. The molecule has 0 atom stereocenters. The summed E-state index contributed by atoms with van der Waals surface area (Å²) in [5.74, 6) is -1.85. The molecule has 0 aromatic carbocycles. The van der Waals surface area contributed by atoms with Crippen LogP contribution in [0.25, 0.3) is 0 Å². The summed E-state index contributed by atoms with van der Waals surface area (Å²) in [6.07, 6.45) is 0. The van der Waals surface area contributed by atoms with Crippen molar-refractivity contribution in [1.29, 1.82) is 0 Å². The van der Waals surface area contributed by atoms with E-state index in [1.807, 2.05) is 0 Å². The molecular weight excluding hydrogens is 399 g/mol. The van der Waals surface area contributed by atoms with Gasteiger partial charge in [-0.1, -0.05) is 0 Å². The fraction of sp³-hybridized carbons (Fsp3) is 0. The van der Waals surface area contributed by atoms with Gasteiger partial charge in [0, 0.05) is 0 Å². The third-order valence-electron chi connectivity index (χ3n) is 0. The fourth-order valence-corrected chi connectivity index (χ4v) is 0. The molecule has 0 aliphatic heterocycles. The second-order valence-corrected chi connectivity index (χ2v) is 1.02. The van der Waals surface area contributed by atoms with E-state index in [2.05, 4.69) is 15.8 Å². The summed E-state index contributed by atoms with van der Waals surface area (Å²) in [5, 5.41) is 17.8. The Labute approximate surface area is 113 Å². The van der Waals surface area contributed by atoms with Crippen molar-refractivity contribution >= 4 is 70.6 Å². The second kappa shape index (κ2) is 11.1. The van der Waals surface area contributed by atoms with Crippen LogP contribution in [0.15, 0.2) is 0 Å². The van der Waals surface area contributed by atoms with E-state index in [0.717, 1.165) is 0 Å². The molecule has 6 heteroatoms. The average Bonchev–Trinajstić information content (AvgIpc) is 0.811. The Balaban J connectivity index is -0.0000000450. The summed E-state index contributed by atoms with van der Waals surface area (Å²) in [5.41, 5.74) is 0. The standard InChI is InChI=1S/BBrO2.Ba.La/c2-1(3)4;;/q-2;+2;+3. The molecule has 0 spiro atoms. The quantitative estimate of drug-likeness (QED) is 0.431. The van der Waals surface area contributed by atoms with Crippen LogP contribution < -0.4 is 10.0 Å². The molecule has 0 aromatic heterocycles. The van der Waals surface area contributed by atoms with E-state index in [9.17, 15) is 0 Å². The predicted octanol–water partition coefficient (Wildman–Crippen LogP) is -2.29. The maximum Gasteiger partial charge on any atom is 3.00 e. The molecule has 24 valence electrons. The molecule has 0 aliphatic rings. The zero-order valence-electron chi connectivity index (χ0n) is 3.06. The Hall–Kier alpha value is 3.23. The van der Waals surface area contributed by atoms with Gasteiger partial charge in [0.25, 0.3) is 0 Å². The van der Waals surface area contributed by atoms with Gasteiger partial charge < -0.3 is 10.0 Å². The van der Waals surface area contributed by atoms with Gasteiger partial charge in [0.05, 0.1) is 0 Å². The number of hydrogen-bond donors (Lipinski definition) is 0. The summed E-state index contributed by atoms with van der Waals surface area (Å²) in [6.45, 7) is 0. The first-order valence-corrected chi connectivity index (χ1v) is 1.61. The molecule has 0 aliphatic carbocycles. The third-order valence-corrected chi connectivity index (χ3v) is 0. The summed E-state index contributed by atoms with van der Waals surface area (Å²) >= 11 is 2.16. The van der Waals surface area contributed by atoms with Crippen LogP contribution in [-0.4, -0.2) is 54.8 Å². The molecule has 0 unspecified atom stereocenters. The predicted molar refractivity (Wildman–Crippen MR) is 20.4 cm³/mol. The minimum absolute atomic E-state index is 0. The first-order valence-electron chi connectivity index (χ1n) is 0.690. The molecule has 0 saturated carbocycles. The third kappa shape index (κ3) is 26.9. The van der Waals surface area contributed by atoms with Crippen LogP contribution in [-0.2, 0) is 0 Å². The zero-order valence-corrected chi connectivity index (χ0v) is 12.7. The minimum atomic E-state index is -1.85. The van der Waals surface area contributed by atoms with Crippen LogP contribution in [0.1, 0.15) is 0 Å². The van der Waals surface area contributed by atoms with E-state index in [1.54, 1.807) is 0 Å². The number of halogens is 1. The van der Waals surface area contributed by atoms with Crippen LogP contribution in [0.2, 0.25) is 0 Å². The molecular formula is BBaBrLaO2+3. The smallest absolute Gasteiger partial charge is 0.884 e. The van der Waals surface area contributed by atoms with Crippen molar-refractivity contribution in [1.82, 2.24) is 0 Å². The summed E-state index contributed by atoms with van der Waals surface area (Å²) < 4.78 is 0. The summed E-state index contributed by atoms with van der Waals surface area (Å²) in [6, 6.07) is 0. The minimum Gasteiger partial charge on any atom is -0.884 e. The van der Waals surface area contributed by atoms with Gasteiger partial charge in [-0.15, -0.1) is 0 Å². The van der Waals surface area contributed by atoms with E-state index >= 15 is 0 Å². The molecule has 2 nitrogen and oxygen atoms in total. The number of hydrogen-bond acceptors (Lipinski definition) is 2. The van der Waals surface area contributed by atoms with Gasteiger partial charge in [0.2, 0.25) is 0 Å². The Morgan fingerprint density at radius 2 is 1.33 bits per heavy atom. The molecule has 0 fully saturated rings. The van der Waals surface area contributed by atoms with Crippen molar-refractivity contribution in [3.63, 3.8) is 0 Å². The van der Waals surface area contributed by atoms with Gasteiger partial charge in [-0.2, -0.15) is 0 Å². The second-order valence-electron chi connectivity index (χ2n) is 0.274. The molecule has 0 N–H and O–H groups in total. The van der Waals surface area contributed by atoms with Crippen LogP contribution in [0.5, 0.6) is 0 Å². The topological polar surface area (TPSA) is 46.1 Å². The Morgan fingerprint density at radius 3 is 1.33 bits per heavy atom. The van der Waals surface area contributed by atoms with Crippen LogP contribution in [0.3, 0.4) is 0 Å². The van der Waals surface area contributed by atoms with Crippen molar-refractivity contribution in [2.45, 2.75) is 0 Å². The molecule has 0 aromatic rings. The first kappa shape index (κ1) is 16.1. The van der Waals surface area contributed by atoms with Gasteiger partial charge in [-0.25, -0.2) is 15.8 Å². The van der Waals surface area contributed by atoms with Gasteiger partial charge in [-0.05, 0) is 5.94 Å². The van der Waals surface area contributed by atoms with E-state index in [-0.39, 0.29) is 84.5 Å². The molecule has 0 saturated heterocycles. The van der Waals surface area contributed by atoms with E-state index in [1.165, 1.54) is 0 Å². The Morgan fingerprint density at radius 1 is 1.33 bits per heavy atom. The molecule has 0 radical (unpaired) electrons. The van der Waals surface area contributed by atoms with Crippen molar-refractivity contribution in [2.24, 2.45) is 0 Å². The molecule has 0 rings (SSSR count). The first-order chi connectivity index (χ1) is 1.73. The number of rotatable bonds is 0. The average molecular weight is 399 g/mol. The largest absolute Gasteiger partial charge is 3.00 e. The van der Waals surface area contributed by atoms with Crippen LogP contribution in [0.4, 0.5) is 0 Å². The van der Waals surface area contributed by atoms with Gasteiger partial charge in [-0.3, -0.25) is 0 Å². The maximum absolute atomic E-state index is 8.89. The molecule has 0 bridgehead atoms.